The quantitative estimate of drug-likeness (QED) is 0.0640. The lowest BCUT2D eigenvalue weighted by Gasteiger charge is -2.38. The Balaban J connectivity index is 0.000000123. The first-order valence-corrected chi connectivity index (χ1v) is 46.8. The number of carbonyl (C=O) groups excluding carboxylic acids is 5. The van der Waals surface area contributed by atoms with Gasteiger partial charge in [0, 0.05) is 252 Å². The summed E-state index contributed by atoms with van der Waals surface area (Å²) >= 11 is 0. The van der Waals surface area contributed by atoms with E-state index in [4.69, 9.17) is 23.7 Å². The monoisotopic (exact) mass is 1830 g/mol. The molecule has 30 heteroatoms. The molecule has 15 heterocycles. The Morgan fingerprint density at radius 2 is 0.551 bits per heavy atom. The molecule has 0 bridgehead atoms. The number of pyridine rings is 5. The zero-order chi connectivity index (χ0) is 95.7. The summed E-state index contributed by atoms with van der Waals surface area (Å²) in [6.07, 6.45) is 19.4. The highest BCUT2D eigenvalue weighted by Gasteiger charge is 2.29. The molecule has 0 spiro atoms. The lowest BCUT2D eigenvalue weighted by molar-refractivity contribution is -0.0409. The van der Waals surface area contributed by atoms with Gasteiger partial charge in [0.25, 0.3) is 0 Å². The molecule has 15 aromatic rings. The molecule has 10 aromatic heterocycles. The van der Waals surface area contributed by atoms with Crippen LogP contribution in [0.3, 0.4) is 0 Å². The summed E-state index contributed by atoms with van der Waals surface area (Å²) in [7, 11) is 9.45. The number of rotatable bonds is 20. The fourth-order valence-corrected chi connectivity index (χ4v) is 18.4. The van der Waals surface area contributed by atoms with Crippen molar-refractivity contribution in [3.05, 3.63) is 240 Å². The predicted molar refractivity (Wildman–Crippen MR) is 528 cm³/mol. The van der Waals surface area contributed by atoms with E-state index in [1.165, 1.54) is 27.8 Å². The van der Waals surface area contributed by atoms with Gasteiger partial charge in [0.15, 0.2) is 28.9 Å². The van der Waals surface area contributed by atoms with Gasteiger partial charge < -0.3 is 23.7 Å². The van der Waals surface area contributed by atoms with Gasteiger partial charge in [-0.3, -0.25) is 71.9 Å². The molecule has 5 fully saturated rings. The third-order valence-electron chi connectivity index (χ3n) is 25.7. The van der Waals surface area contributed by atoms with Crippen LogP contribution < -0.4 is 0 Å². The van der Waals surface area contributed by atoms with Crippen molar-refractivity contribution in [1.29, 1.82) is 0 Å². The van der Waals surface area contributed by atoms with Gasteiger partial charge in [-0.2, -0.15) is 25.5 Å². The van der Waals surface area contributed by atoms with Crippen molar-refractivity contribution in [2.75, 3.05) is 92.1 Å². The number of hydrogen-bond acceptors (Lipinski definition) is 25. The van der Waals surface area contributed by atoms with Gasteiger partial charge in [-0.15, -0.1) is 0 Å². The fraction of sp³-hybridized carbons (Fsp3) is 0.387. The number of aryl methyl sites for hydroxylation is 5. The molecule has 0 unspecified atom stereocenters. The average molecular weight is 1840 g/mol. The molecule has 0 aliphatic carbocycles. The van der Waals surface area contributed by atoms with E-state index in [2.05, 4.69) is 207 Å². The van der Waals surface area contributed by atoms with Crippen LogP contribution in [0, 0.1) is 0 Å². The Labute approximate surface area is 792 Å². The summed E-state index contributed by atoms with van der Waals surface area (Å²) in [5.41, 5.74) is 22.5. The maximum absolute atomic E-state index is 12.1. The second kappa shape index (κ2) is 43.0. The molecular weight excluding hydrogens is 1710 g/mol. The van der Waals surface area contributed by atoms with Crippen molar-refractivity contribution in [2.24, 2.45) is 35.2 Å². The van der Waals surface area contributed by atoms with Crippen molar-refractivity contribution in [3.8, 4) is 55.6 Å². The van der Waals surface area contributed by atoms with E-state index in [9.17, 15) is 24.0 Å². The van der Waals surface area contributed by atoms with Crippen LogP contribution in [0.5, 0.6) is 0 Å². The lowest BCUT2D eigenvalue weighted by atomic mass is 10.00. The number of ketones is 5. The van der Waals surface area contributed by atoms with Gasteiger partial charge in [-0.25, -0.2) is 24.9 Å². The standard InChI is InChI=1S/C22H26N4O2.4C21H24N4O2/c1-14-12-28-13-15(2)26(14)10-17-5-6-19-20(18-9-23-25(4)11-18)8-21(16(3)27)24-22(19)7-17;2*1-14-13-27-7-6-25(14)11-16-4-5-18-19(17-10-22-24(3)12-17)9-20(15(2)26)23-21(18)8-16;2*1-14-11-25(6-7-27-14)12-16-4-5-18-19(17-10-22-24(3)13-17)9-20(15(2)26)23-21(18)8-16/h5-9,11,14-15H,10,12-13H2,1-4H3;2*4-5,8-10,12,14H,6-7,11,13H2,1-3H3;2*4-5,8-10,13-14H,6-7,11-12H2,1-3H3/t14-,15-;4*14-/m11010/s1. The van der Waals surface area contributed by atoms with Crippen molar-refractivity contribution >= 4 is 83.4 Å². The molecule has 6 atom stereocenters. The maximum Gasteiger partial charge on any atom is 0.178 e. The highest BCUT2D eigenvalue weighted by molar-refractivity contribution is 6.06. The van der Waals surface area contributed by atoms with Gasteiger partial charge in [0.1, 0.15) is 28.5 Å². The number of nitrogens with zero attached hydrogens (tertiary/aromatic N) is 20. The average Bonchev–Trinajstić information content (AvgIpc) is 1.40. The Morgan fingerprint density at radius 1 is 0.301 bits per heavy atom. The Bertz CT molecular complexity index is 6560. The van der Waals surface area contributed by atoms with Crippen LogP contribution in [-0.2, 0) is 91.6 Å². The van der Waals surface area contributed by atoms with Gasteiger partial charge >= 0.3 is 0 Å². The molecule has 0 amide bonds. The molecule has 0 radical (unpaired) electrons. The van der Waals surface area contributed by atoms with E-state index >= 15 is 0 Å². The van der Waals surface area contributed by atoms with Crippen molar-refractivity contribution in [2.45, 2.75) is 145 Å². The minimum Gasteiger partial charge on any atom is -0.379 e. The van der Waals surface area contributed by atoms with E-state index in [1.54, 1.807) is 58.0 Å². The minimum atomic E-state index is -0.0344. The summed E-state index contributed by atoms with van der Waals surface area (Å²) in [5, 5.41) is 26.5. The third-order valence-corrected chi connectivity index (χ3v) is 25.7. The van der Waals surface area contributed by atoms with Crippen LogP contribution in [0.25, 0.3) is 110 Å². The number of Topliss-reactive ketones (excluding diaryl/α,β-unsaturated/α-hetero) is 5. The number of hydrogen-bond donors (Lipinski definition) is 0. The Morgan fingerprint density at radius 3 is 0.787 bits per heavy atom. The smallest absolute Gasteiger partial charge is 0.178 e. The van der Waals surface area contributed by atoms with Crippen LogP contribution in [0.15, 0.2) is 183 Å². The largest absolute Gasteiger partial charge is 0.379 e. The van der Waals surface area contributed by atoms with Crippen LogP contribution in [0.4, 0.5) is 0 Å². The van der Waals surface area contributed by atoms with Gasteiger partial charge in [-0.05, 0) is 158 Å². The van der Waals surface area contributed by atoms with E-state index in [-0.39, 0.29) is 41.1 Å². The number of aromatic nitrogens is 15. The number of ether oxygens (including phenoxy) is 5. The summed E-state index contributed by atoms with van der Waals surface area (Å²) in [6, 6.07) is 42.7. The first-order chi connectivity index (χ1) is 65.4. The maximum atomic E-state index is 12.1. The highest BCUT2D eigenvalue weighted by Crippen LogP contribution is 2.37. The lowest BCUT2D eigenvalue weighted by Crippen LogP contribution is -2.48. The molecule has 0 saturated carbocycles. The van der Waals surface area contributed by atoms with Gasteiger partial charge in [0.05, 0.1) is 124 Å². The van der Waals surface area contributed by atoms with Crippen LogP contribution in [0.1, 0.15) is 156 Å². The molecule has 5 aliphatic rings. The van der Waals surface area contributed by atoms with Gasteiger partial charge in [-0.1, -0.05) is 60.7 Å². The molecule has 0 N–H and O–H groups in total. The number of fused-ring (bicyclic) bond motifs is 5. The van der Waals surface area contributed by atoms with Crippen LogP contribution in [-0.4, -0.2) is 256 Å². The molecule has 136 heavy (non-hydrogen) atoms. The summed E-state index contributed by atoms with van der Waals surface area (Å²) in [5.74, 6) is -0.166. The molecule has 706 valence electrons. The predicted octanol–water partition coefficient (Wildman–Crippen LogP) is 15.7. The summed E-state index contributed by atoms with van der Waals surface area (Å²) in [6.45, 7) is 36.8. The number of morpholine rings is 5. The molecular formula is C106H122N20O10. The van der Waals surface area contributed by atoms with E-state index in [1.807, 2.05) is 128 Å². The number of benzene rings is 5. The molecule has 5 aromatic carbocycles. The molecule has 5 saturated heterocycles. The third kappa shape index (κ3) is 23.4. The van der Waals surface area contributed by atoms with Crippen LogP contribution in [0.2, 0.25) is 0 Å². The Hall–Kier alpha value is -12.9. The topological polar surface area (TPSA) is 301 Å². The molecule has 5 aliphatic heterocycles. The van der Waals surface area contributed by atoms with E-state index in [0.717, 1.165) is 235 Å². The van der Waals surface area contributed by atoms with E-state index in [0.29, 0.717) is 52.6 Å². The van der Waals surface area contributed by atoms with Crippen molar-refractivity contribution in [1.82, 2.24) is 98.3 Å². The first-order valence-electron chi connectivity index (χ1n) is 46.8. The van der Waals surface area contributed by atoms with E-state index < -0.39 is 0 Å². The SMILES string of the molecule is CC(=O)c1cc(-c2cnn(C)c2)c2ccc(CN3CCOC[C@@H]3C)cc2n1.CC(=O)c1cc(-c2cnn(C)c2)c2ccc(CN3CCOC[C@H]3C)cc2n1.CC(=O)c1cc(-c2cnn(C)c2)c2ccc(CN3CCO[C@@H](C)C3)cc2n1.CC(=O)c1cc(-c2cnn(C)c2)c2ccc(CN3CCO[C@H](C)C3)cc2n1.CC(=O)c1cc(-c2cnn(C)c2)c2ccc(CN3[C@H](C)COC[C@H]3C)cc2n1. The second-order valence-electron chi connectivity index (χ2n) is 36.9. The zero-order valence-corrected chi connectivity index (χ0v) is 80.7. The minimum absolute atomic E-state index is 0.0329. The first kappa shape index (κ1) is 96.3. The zero-order valence-electron chi connectivity index (χ0n) is 80.7. The molecule has 30 nitrogen and oxygen atoms in total. The normalized spacial score (nSPS) is 18.6. The second-order valence-corrected chi connectivity index (χ2v) is 36.9. The Kier molecular flexibility index (Phi) is 30.5. The van der Waals surface area contributed by atoms with Crippen molar-refractivity contribution in [3.63, 3.8) is 0 Å². The fourth-order valence-electron chi connectivity index (χ4n) is 18.4. The summed E-state index contributed by atoms with van der Waals surface area (Å²) in [4.78, 5) is 95.3. The van der Waals surface area contributed by atoms with Gasteiger partial charge in [0.2, 0.25) is 0 Å². The highest BCUT2D eigenvalue weighted by atomic mass is 16.5. The molecule has 20 rings (SSSR count). The van der Waals surface area contributed by atoms with Crippen LogP contribution >= 0.6 is 0 Å². The number of carbonyl (C=O) groups is 5. The van der Waals surface area contributed by atoms with Crippen molar-refractivity contribution < 1.29 is 47.7 Å². The summed E-state index contributed by atoms with van der Waals surface area (Å²) < 4.78 is 36.8.